The lowest BCUT2D eigenvalue weighted by molar-refractivity contribution is 0.171. The minimum Gasteiger partial charge on any atom is -0.443 e. The van der Waals surface area contributed by atoms with Crippen LogP contribution in [0, 0.1) is 0 Å². The Balaban J connectivity index is 3.39. The van der Waals surface area contributed by atoms with Gasteiger partial charge in [0.15, 0.2) is 0 Å². The van der Waals surface area contributed by atoms with Gasteiger partial charge in [-0.1, -0.05) is 5.16 Å². The summed E-state index contributed by atoms with van der Waals surface area (Å²) in [6.07, 6.45) is -0.877. The first-order valence-electron chi connectivity index (χ1n) is 2.26. The molecule has 0 aliphatic heterocycles. The van der Waals surface area contributed by atoms with Crippen molar-refractivity contribution in [2.24, 2.45) is 10.9 Å². The Morgan fingerprint density at radius 2 is 2.44 bits per heavy atom. The maximum atomic E-state index is 9.88. The Hall–Kier alpha value is -1.26. The monoisotopic (exact) mass is 132 g/mol. The van der Waals surface area contributed by atoms with Crippen LogP contribution in [-0.4, -0.2) is 23.6 Å². The zero-order valence-electron chi connectivity index (χ0n) is 5.00. The Bertz CT molecular complexity index is 132. The number of primary amides is 1. The van der Waals surface area contributed by atoms with Gasteiger partial charge in [0.25, 0.3) is 0 Å². The van der Waals surface area contributed by atoms with E-state index in [9.17, 15) is 4.79 Å². The number of nitrogens with zero attached hydrogens (tertiary/aromatic N) is 1. The van der Waals surface area contributed by atoms with Gasteiger partial charge < -0.3 is 15.7 Å². The van der Waals surface area contributed by atoms with Crippen molar-refractivity contribution in [2.75, 3.05) is 6.61 Å². The lowest BCUT2D eigenvalue weighted by Crippen LogP contribution is -2.17. The van der Waals surface area contributed by atoms with E-state index < -0.39 is 6.09 Å². The van der Waals surface area contributed by atoms with Crippen molar-refractivity contribution in [3.63, 3.8) is 0 Å². The van der Waals surface area contributed by atoms with Crippen LogP contribution in [0.15, 0.2) is 5.16 Å². The molecule has 0 atom stereocenters. The van der Waals surface area contributed by atoms with Crippen LogP contribution in [0.25, 0.3) is 0 Å². The summed E-state index contributed by atoms with van der Waals surface area (Å²) >= 11 is 0. The molecule has 0 rings (SSSR count). The molecule has 0 aromatic heterocycles. The Labute approximate surface area is 52.1 Å². The molecule has 0 heterocycles. The molecule has 0 spiro atoms. The van der Waals surface area contributed by atoms with Gasteiger partial charge in [-0.15, -0.1) is 0 Å². The molecule has 0 fully saturated rings. The minimum absolute atomic E-state index is 0.0637. The fourth-order valence-electron chi connectivity index (χ4n) is 0.204. The maximum absolute atomic E-state index is 9.88. The van der Waals surface area contributed by atoms with Crippen LogP contribution in [0.2, 0.25) is 0 Å². The van der Waals surface area contributed by atoms with Gasteiger partial charge in [0.2, 0.25) is 0 Å². The van der Waals surface area contributed by atoms with Gasteiger partial charge in [-0.05, 0) is 6.92 Å². The highest BCUT2D eigenvalue weighted by atomic mass is 16.5. The smallest absolute Gasteiger partial charge is 0.404 e. The highest BCUT2D eigenvalue weighted by molar-refractivity contribution is 5.84. The quantitative estimate of drug-likeness (QED) is 0.313. The topological polar surface area (TPSA) is 84.9 Å². The molecule has 0 unspecified atom stereocenters. The fourth-order valence-corrected chi connectivity index (χ4v) is 0.204. The summed E-state index contributed by atoms with van der Waals surface area (Å²) in [5, 5.41) is 10.7. The van der Waals surface area contributed by atoms with E-state index in [0.717, 1.165) is 0 Å². The van der Waals surface area contributed by atoms with Gasteiger partial charge in [-0.2, -0.15) is 0 Å². The zero-order valence-corrected chi connectivity index (χ0v) is 5.00. The van der Waals surface area contributed by atoms with Crippen molar-refractivity contribution in [2.45, 2.75) is 6.92 Å². The number of oxime groups is 1. The van der Waals surface area contributed by atoms with E-state index in [1.165, 1.54) is 6.92 Å². The average molecular weight is 132 g/mol. The van der Waals surface area contributed by atoms with Crippen molar-refractivity contribution >= 4 is 11.8 Å². The second kappa shape index (κ2) is 3.71. The molecule has 5 heteroatoms. The molecular formula is C4H8N2O3. The van der Waals surface area contributed by atoms with E-state index in [1.54, 1.807) is 0 Å². The predicted octanol–water partition coefficient (Wildman–Crippen LogP) is -0.0682. The van der Waals surface area contributed by atoms with E-state index in [-0.39, 0.29) is 6.61 Å². The summed E-state index contributed by atoms with van der Waals surface area (Å²) in [7, 11) is 0. The van der Waals surface area contributed by atoms with E-state index in [0.29, 0.717) is 5.71 Å². The standard InChI is InChI=1S/C4H8N2O3/c1-3(6-8)2-9-4(5)7/h8H,2H2,1H3,(H2,5,7). The molecule has 0 bridgehead atoms. The zero-order chi connectivity index (χ0) is 7.28. The number of hydrogen-bond donors (Lipinski definition) is 2. The summed E-state index contributed by atoms with van der Waals surface area (Å²) < 4.78 is 4.24. The van der Waals surface area contributed by atoms with Crippen LogP contribution in [-0.2, 0) is 4.74 Å². The lowest BCUT2D eigenvalue weighted by Gasteiger charge is -1.96. The van der Waals surface area contributed by atoms with Gasteiger partial charge in [-0.3, -0.25) is 0 Å². The number of rotatable bonds is 2. The van der Waals surface area contributed by atoms with Crippen LogP contribution in [0.3, 0.4) is 0 Å². The average Bonchev–Trinajstić information content (AvgIpc) is 1.83. The third-order valence-corrected chi connectivity index (χ3v) is 0.594. The number of ether oxygens (including phenoxy) is 1. The van der Waals surface area contributed by atoms with E-state index in [2.05, 4.69) is 15.6 Å². The van der Waals surface area contributed by atoms with Crippen LogP contribution < -0.4 is 5.73 Å². The van der Waals surface area contributed by atoms with E-state index in [4.69, 9.17) is 5.21 Å². The molecule has 3 N–H and O–H groups in total. The van der Waals surface area contributed by atoms with Crippen LogP contribution in [0.1, 0.15) is 6.92 Å². The molecule has 52 valence electrons. The maximum Gasteiger partial charge on any atom is 0.404 e. The van der Waals surface area contributed by atoms with Crippen molar-refractivity contribution < 1.29 is 14.7 Å². The third kappa shape index (κ3) is 4.60. The van der Waals surface area contributed by atoms with E-state index >= 15 is 0 Å². The second-order valence-corrected chi connectivity index (χ2v) is 1.44. The molecular weight excluding hydrogens is 124 g/mol. The molecule has 0 saturated heterocycles. The first-order chi connectivity index (χ1) is 4.16. The van der Waals surface area contributed by atoms with Gasteiger partial charge >= 0.3 is 6.09 Å². The number of carbonyl (C=O) groups is 1. The van der Waals surface area contributed by atoms with Crippen molar-refractivity contribution in [1.82, 2.24) is 0 Å². The number of hydrogen-bond acceptors (Lipinski definition) is 4. The van der Waals surface area contributed by atoms with Crippen molar-refractivity contribution in [3.05, 3.63) is 0 Å². The molecule has 0 aliphatic rings. The van der Waals surface area contributed by atoms with Crippen molar-refractivity contribution in [1.29, 1.82) is 0 Å². The molecule has 5 nitrogen and oxygen atoms in total. The Kier molecular flexibility index (Phi) is 3.19. The first kappa shape index (κ1) is 7.74. The van der Waals surface area contributed by atoms with Gasteiger partial charge in [-0.25, -0.2) is 4.79 Å². The van der Waals surface area contributed by atoms with Crippen LogP contribution in [0.4, 0.5) is 4.79 Å². The van der Waals surface area contributed by atoms with Crippen LogP contribution >= 0.6 is 0 Å². The highest BCUT2D eigenvalue weighted by Gasteiger charge is 1.94. The van der Waals surface area contributed by atoms with Gasteiger partial charge in [0, 0.05) is 0 Å². The third-order valence-electron chi connectivity index (χ3n) is 0.594. The second-order valence-electron chi connectivity index (χ2n) is 1.44. The number of amides is 1. The van der Waals surface area contributed by atoms with Crippen molar-refractivity contribution in [3.8, 4) is 0 Å². The number of carbonyl (C=O) groups excluding carboxylic acids is 1. The molecule has 0 aromatic carbocycles. The molecule has 0 aliphatic carbocycles. The first-order valence-corrected chi connectivity index (χ1v) is 2.26. The number of nitrogens with two attached hydrogens (primary N) is 1. The summed E-state index contributed by atoms with van der Waals surface area (Å²) in [4.78, 5) is 9.88. The molecule has 0 aromatic rings. The Morgan fingerprint density at radius 3 is 2.78 bits per heavy atom. The summed E-state index contributed by atoms with van der Waals surface area (Å²) in [6, 6.07) is 0. The van der Waals surface area contributed by atoms with E-state index in [1.807, 2.05) is 0 Å². The molecule has 9 heavy (non-hydrogen) atoms. The normalized spacial score (nSPS) is 11.0. The summed E-state index contributed by atoms with van der Waals surface area (Å²) in [5.41, 5.74) is 4.90. The van der Waals surface area contributed by atoms with Gasteiger partial charge in [0.1, 0.15) is 6.61 Å². The largest absolute Gasteiger partial charge is 0.443 e. The summed E-state index contributed by atoms with van der Waals surface area (Å²) in [6.45, 7) is 1.44. The predicted molar refractivity (Wildman–Crippen MR) is 30.4 cm³/mol. The Morgan fingerprint density at radius 1 is 1.89 bits per heavy atom. The fraction of sp³-hybridized carbons (Fsp3) is 0.500. The lowest BCUT2D eigenvalue weighted by atomic mass is 10.5. The molecule has 0 radical (unpaired) electrons. The SMILES string of the molecule is CC(COC(N)=O)=NO. The molecule has 1 amide bonds. The summed E-state index contributed by atoms with van der Waals surface area (Å²) in [5.74, 6) is 0. The minimum atomic E-state index is -0.877. The highest BCUT2D eigenvalue weighted by Crippen LogP contribution is 1.77. The molecule has 0 saturated carbocycles. The van der Waals surface area contributed by atoms with Crippen LogP contribution in [0.5, 0.6) is 0 Å². The van der Waals surface area contributed by atoms with Gasteiger partial charge in [0.05, 0.1) is 5.71 Å².